The van der Waals surface area contributed by atoms with Crippen molar-refractivity contribution in [2.75, 3.05) is 13.1 Å². The van der Waals surface area contributed by atoms with E-state index in [1.165, 1.54) is 24.3 Å². The number of hydrogen-bond acceptors (Lipinski definition) is 5. The van der Waals surface area contributed by atoms with Crippen molar-refractivity contribution in [1.29, 1.82) is 0 Å². The number of benzene rings is 1. The molecule has 0 spiro atoms. The first-order valence-electron chi connectivity index (χ1n) is 7.73. The van der Waals surface area contributed by atoms with Crippen molar-refractivity contribution in [3.05, 3.63) is 40.8 Å². The van der Waals surface area contributed by atoms with Crippen molar-refractivity contribution in [2.45, 2.75) is 30.7 Å². The number of hydrogen-bond donors (Lipinski definition) is 2. The van der Waals surface area contributed by atoms with E-state index in [-0.39, 0.29) is 29.3 Å². The summed E-state index contributed by atoms with van der Waals surface area (Å²) in [5, 5.41) is 3.88. The molecule has 0 aliphatic carbocycles. The maximum absolute atomic E-state index is 12.6. The zero-order valence-corrected chi connectivity index (χ0v) is 15.0. The molecule has 1 aliphatic rings. The quantitative estimate of drug-likeness (QED) is 0.800. The molecular weight excluding hydrogens is 352 g/mol. The standard InChI is InChI=1S/C16H20N2O4S.ClH/c1-11(13-3-2-8-17-10-13)18-23(20,21)14-5-6-15-12(9-14)4-7-16(19)22-15;/h4-7,9,11,13,17-18H,2-3,8,10H2,1H3;1H. The molecule has 2 atom stereocenters. The van der Waals surface area contributed by atoms with E-state index < -0.39 is 15.6 Å². The van der Waals surface area contributed by atoms with Gasteiger partial charge in [-0.15, -0.1) is 12.4 Å². The first-order chi connectivity index (χ1) is 11.0. The van der Waals surface area contributed by atoms with Crippen LogP contribution in [0.3, 0.4) is 0 Å². The van der Waals surface area contributed by atoms with Gasteiger partial charge < -0.3 is 9.73 Å². The lowest BCUT2D eigenvalue weighted by molar-refractivity contribution is 0.320. The molecule has 6 nitrogen and oxygen atoms in total. The van der Waals surface area contributed by atoms with Gasteiger partial charge in [0.25, 0.3) is 0 Å². The van der Waals surface area contributed by atoms with Crippen molar-refractivity contribution >= 4 is 33.4 Å². The SMILES string of the molecule is CC(NS(=O)(=O)c1ccc2oc(=O)ccc2c1)C1CCCNC1.Cl. The van der Waals surface area contributed by atoms with Crippen molar-refractivity contribution < 1.29 is 12.8 Å². The van der Waals surface area contributed by atoms with Gasteiger partial charge in [0, 0.05) is 17.5 Å². The molecule has 1 aliphatic heterocycles. The van der Waals surface area contributed by atoms with E-state index in [0.717, 1.165) is 25.9 Å². The summed E-state index contributed by atoms with van der Waals surface area (Å²) in [4.78, 5) is 11.4. The van der Waals surface area contributed by atoms with Crippen LogP contribution in [0.25, 0.3) is 11.0 Å². The summed E-state index contributed by atoms with van der Waals surface area (Å²) in [5.74, 6) is 0.289. The molecule has 2 unspecified atom stereocenters. The lowest BCUT2D eigenvalue weighted by atomic mass is 9.94. The Morgan fingerprint density at radius 2 is 2.08 bits per heavy atom. The molecule has 0 amide bonds. The fraction of sp³-hybridized carbons (Fsp3) is 0.438. The molecule has 1 fully saturated rings. The third-order valence-corrected chi connectivity index (χ3v) is 5.84. The summed E-state index contributed by atoms with van der Waals surface area (Å²) in [6.45, 7) is 3.72. The largest absolute Gasteiger partial charge is 0.423 e. The third-order valence-electron chi connectivity index (χ3n) is 4.28. The van der Waals surface area contributed by atoms with E-state index >= 15 is 0 Å². The molecule has 8 heteroatoms. The van der Waals surface area contributed by atoms with Crippen LogP contribution in [-0.4, -0.2) is 27.5 Å². The highest BCUT2D eigenvalue weighted by molar-refractivity contribution is 7.89. The first-order valence-corrected chi connectivity index (χ1v) is 9.21. The minimum atomic E-state index is -3.61. The molecule has 2 aromatic rings. The van der Waals surface area contributed by atoms with Gasteiger partial charge in [-0.3, -0.25) is 0 Å². The van der Waals surface area contributed by atoms with E-state index in [0.29, 0.717) is 11.0 Å². The third kappa shape index (κ3) is 4.16. The summed E-state index contributed by atoms with van der Waals surface area (Å²) in [7, 11) is -3.61. The fourth-order valence-corrected chi connectivity index (χ4v) is 4.28. The van der Waals surface area contributed by atoms with E-state index in [4.69, 9.17) is 4.42 Å². The van der Waals surface area contributed by atoms with Gasteiger partial charge in [0.1, 0.15) is 5.58 Å². The molecule has 24 heavy (non-hydrogen) atoms. The summed E-state index contributed by atoms with van der Waals surface area (Å²) in [6.07, 6.45) is 2.07. The Kier molecular flexibility index (Phi) is 6.03. The predicted molar refractivity (Wildman–Crippen MR) is 95.1 cm³/mol. The molecule has 1 aromatic carbocycles. The minimum absolute atomic E-state index is 0. The molecule has 2 heterocycles. The average molecular weight is 373 g/mol. The van der Waals surface area contributed by atoms with Crippen LogP contribution in [0.4, 0.5) is 0 Å². The Morgan fingerprint density at radius 3 is 2.79 bits per heavy atom. The monoisotopic (exact) mass is 372 g/mol. The highest BCUT2D eigenvalue weighted by atomic mass is 35.5. The van der Waals surface area contributed by atoms with E-state index in [2.05, 4.69) is 10.0 Å². The zero-order chi connectivity index (χ0) is 16.4. The molecule has 0 bridgehead atoms. The Hall–Kier alpha value is -1.41. The topological polar surface area (TPSA) is 88.4 Å². The molecule has 1 aromatic heterocycles. The zero-order valence-electron chi connectivity index (χ0n) is 13.3. The van der Waals surface area contributed by atoms with Crippen molar-refractivity contribution in [3.63, 3.8) is 0 Å². The van der Waals surface area contributed by atoms with Gasteiger partial charge in [-0.2, -0.15) is 0 Å². The average Bonchev–Trinajstić information content (AvgIpc) is 2.54. The summed E-state index contributed by atoms with van der Waals surface area (Å²) in [5.41, 5.74) is -0.0781. The highest BCUT2D eigenvalue weighted by Gasteiger charge is 2.25. The molecule has 132 valence electrons. The van der Waals surface area contributed by atoms with Gasteiger partial charge in [0.05, 0.1) is 4.90 Å². The van der Waals surface area contributed by atoms with Crippen LogP contribution in [0.5, 0.6) is 0 Å². The maximum atomic E-state index is 12.6. The molecule has 1 saturated heterocycles. The fourth-order valence-electron chi connectivity index (χ4n) is 2.93. The van der Waals surface area contributed by atoms with E-state index in [9.17, 15) is 13.2 Å². The number of piperidine rings is 1. The number of nitrogens with one attached hydrogen (secondary N) is 2. The van der Waals surface area contributed by atoms with E-state index in [1.807, 2.05) is 6.92 Å². The highest BCUT2D eigenvalue weighted by Crippen LogP contribution is 2.20. The van der Waals surface area contributed by atoms with Gasteiger partial charge in [0.2, 0.25) is 10.0 Å². The van der Waals surface area contributed by atoms with Crippen LogP contribution in [0, 0.1) is 5.92 Å². The second-order valence-corrected chi connectivity index (χ2v) is 7.68. The van der Waals surface area contributed by atoms with Crippen LogP contribution in [0.2, 0.25) is 0 Å². The van der Waals surface area contributed by atoms with Gasteiger partial charge >= 0.3 is 5.63 Å². The minimum Gasteiger partial charge on any atom is -0.423 e. The van der Waals surface area contributed by atoms with Gasteiger partial charge in [-0.1, -0.05) is 0 Å². The Balaban J connectivity index is 0.00000208. The summed E-state index contributed by atoms with van der Waals surface area (Å²) in [6, 6.07) is 7.19. The molecule has 2 N–H and O–H groups in total. The van der Waals surface area contributed by atoms with Crippen LogP contribution < -0.4 is 15.7 Å². The molecular formula is C16H21ClN2O4S. The number of sulfonamides is 1. The Bertz CT molecular complexity index is 860. The van der Waals surface area contributed by atoms with Gasteiger partial charge in [0.15, 0.2) is 0 Å². The predicted octanol–water partition coefficient (Wildman–Crippen LogP) is 1.88. The molecule has 0 radical (unpaired) electrons. The Labute approximate surface area is 147 Å². The smallest absolute Gasteiger partial charge is 0.336 e. The molecule has 3 rings (SSSR count). The van der Waals surface area contributed by atoms with E-state index in [1.54, 1.807) is 6.07 Å². The van der Waals surface area contributed by atoms with Gasteiger partial charge in [-0.05, 0) is 63.0 Å². The summed E-state index contributed by atoms with van der Waals surface area (Å²) >= 11 is 0. The van der Waals surface area contributed by atoms with Crippen LogP contribution in [0.15, 0.2) is 44.4 Å². The van der Waals surface area contributed by atoms with Crippen molar-refractivity contribution in [3.8, 4) is 0 Å². The lowest BCUT2D eigenvalue weighted by Gasteiger charge is -2.28. The van der Waals surface area contributed by atoms with Crippen LogP contribution in [-0.2, 0) is 10.0 Å². The van der Waals surface area contributed by atoms with Gasteiger partial charge in [-0.25, -0.2) is 17.9 Å². The normalized spacial score (nSPS) is 19.6. The summed E-state index contributed by atoms with van der Waals surface area (Å²) < 4.78 is 32.9. The molecule has 0 saturated carbocycles. The lowest BCUT2D eigenvalue weighted by Crippen LogP contribution is -2.44. The van der Waals surface area contributed by atoms with Crippen molar-refractivity contribution in [1.82, 2.24) is 10.0 Å². The Morgan fingerprint density at radius 1 is 1.29 bits per heavy atom. The maximum Gasteiger partial charge on any atom is 0.336 e. The second kappa shape index (κ2) is 7.65. The van der Waals surface area contributed by atoms with Crippen LogP contribution in [0.1, 0.15) is 19.8 Å². The number of halogens is 1. The van der Waals surface area contributed by atoms with Crippen molar-refractivity contribution in [2.24, 2.45) is 5.92 Å². The number of rotatable bonds is 4. The van der Waals surface area contributed by atoms with Crippen LogP contribution >= 0.6 is 12.4 Å². The first kappa shape index (κ1) is 18.9. The second-order valence-electron chi connectivity index (χ2n) is 5.97. The number of fused-ring (bicyclic) bond motifs is 1.